The number of rotatable bonds is 3. The summed E-state index contributed by atoms with van der Waals surface area (Å²) < 4.78 is 14.4. The summed E-state index contributed by atoms with van der Waals surface area (Å²) in [7, 11) is 2.01. The number of carbonyl (C=O) groups excluding carboxylic acids is 1. The van der Waals surface area contributed by atoms with Crippen molar-refractivity contribution >= 4 is 22.8 Å². The van der Waals surface area contributed by atoms with Crippen molar-refractivity contribution in [3.05, 3.63) is 100 Å². The number of carbonyl (C=O) groups is 1. The normalized spacial score (nSPS) is 17.4. The van der Waals surface area contributed by atoms with Crippen LogP contribution in [0.5, 0.6) is 11.5 Å². The van der Waals surface area contributed by atoms with Crippen LogP contribution < -0.4 is 9.47 Å². The standard InChI is InChI=1S/C29H26N2O3/c1-18-28-22(16-31(17-33-28)19(2)20-9-5-4-6-10-20)13-24-27(32)26(34-29(18)24)14-21-15-30(3)25-12-8-7-11-23(21)25/h4-15,19H,16-17H2,1-3H3/b26-14-. The lowest BCUT2D eigenvalue weighted by Crippen LogP contribution is -2.34. The summed E-state index contributed by atoms with van der Waals surface area (Å²) in [6, 6.07) is 20.7. The number of aromatic nitrogens is 1. The van der Waals surface area contributed by atoms with Gasteiger partial charge in [0.1, 0.15) is 18.2 Å². The molecular weight excluding hydrogens is 424 g/mol. The van der Waals surface area contributed by atoms with E-state index in [4.69, 9.17) is 9.47 Å². The Balaban J connectivity index is 1.34. The number of nitrogens with zero attached hydrogens (tertiary/aromatic N) is 2. The quantitative estimate of drug-likeness (QED) is 0.358. The molecule has 1 unspecified atom stereocenters. The number of aryl methyl sites for hydroxylation is 1. The van der Waals surface area contributed by atoms with Gasteiger partial charge in [-0.05, 0) is 37.6 Å². The Morgan fingerprint density at radius 3 is 2.62 bits per heavy atom. The number of fused-ring (bicyclic) bond motifs is 3. The van der Waals surface area contributed by atoms with Crippen molar-refractivity contribution in [2.24, 2.45) is 7.05 Å². The van der Waals surface area contributed by atoms with Gasteiger partial charge in [0.25, 0.3) is 0 Å². The first-order valence-electron chi connectivity index (χ1n) is 11.6. The molecule has 5 nitrogen and oxygen atoms in total. The molecule has 0 saturated carbocycles. The van der Waals surface area contributed by atoms with Crippen LogP contribution in [0.1, 0.15) is 45.6 Å². The maximum Gasteiger partial charge on any atom is 0.231 e. The minimum atomic E-state index is -0.0814. The number of hydrogen-bond donors (Lipinski definition) is 0. The summed E-state index contributed by atoms with van der Waals surface area (Å²) in [6.45, 7) is 5.37. The maximum absolute atomic E-state index is 13.4. The highest BCUT2D eigenvalue weighted by Crippen LogP contribution is 2.44. The second kappa shape index (κ2) is 7.89. The van der Waals surface area contributed by atoms with Gasteiger partial charge in [0.05, 0.1) is 5.56 Å². The van der Waals surface area contributed by atoms with E-state index in [2.05, 4.69) is 52.8 Å². The number of benzene rings is 3. The highest BCUT2D eigenvalue weighted by Gasteiger charge is 2.34. The Labute approximate surface area is 198 Å². The molecule has 3 heterocycles. The first kappa shape index (κ1) is 20.8. The van der Waals surface area contributed by atoms with E-state index >= 15 is 0 Å². The third kappa shape index (κ3) is 3.24. The van der Waals surface area contributed by atoms with Gasteiger partial charge in [0.15, 0.2) is 5.76 Å². The first-order chi connectivity index (χ1) is 16.5. The zero-order chi connectivity index (χ0) is 23.4. The van der Waals surface area contributed by atoms with Crippen LogP contribution in [-0.4, -0.2) is 22.0 Å². The van der Waals surface area contributed by atoms with Crippen LogP contribution in [0.4, 0.5) is 0 Å². The van der Waals surface area contributed by atoms with Crippen molar-refractivity contribution in [3.63, 3.8) is 0 Å². The molecule has 6 rings (SSSR count). The summed E-state index contributed by atoms with van der Waals surface area (Å²) in [5, 5.41) is 1.09. The van der Waals surface area contributed by atoms with Gasteiger partial charge in [-0.3, -0.25) is 9.69 Å². The lowest BCUT2D eigenvalue weighted by atomic mass is 9.99. The van der Waals surface area contributed by atoms with E-state index in [0.717, 1.165) is 39.9 Å². The SMILES string of the molecule is Cc1c2c(cc3c1O/C(=C\c1cn(C)c4ccccc14)C3=O)CN(C(C)c1ccccc1)CO2. The molecule has 1 aromatic heterocycles. The fourth-order valence-electron chi connectivity index (χ4n) is 5.09. The van der Waals surface area contributed by atoms with Crippen LogP contribution in [0.2, 0.25) is 0 Å². The molecule has 0 amide bonds. The Morgan fingerprint density at radius 2 is 1.79 bits per heavy atom. The molecule has 0 saturated heterocycles. The Hall–Kier alpha value is -3.83. The van der Waals surface area contributed by atoms with Crippen LogP contribution in [0.25, 0.3) is 17.0 Å². The number of allylic oxidation sites excluding steroid dienone is 1. The van der Waals surface area contributed by atoms with Gasteiger partial charge in [-0.25, -0.2) is 0 Å². The lowest BCUT2D eigenvalue weighted by molar-refractivity contribution is 0.0609. The number of Topliss-reactive ketones (excluding diaryl/α,β-unsaturated/α-hetero) is 1. The van der Waals surface area contributed by atoms with Crippen LogP contribution in [0.15, 0.2) is 72.6 Å². The summed E-state index contributed by atoms with van der Waals surface area (Å²) >= 11 is 0. The summed E-state index contributed by atoms with van der Waals surface area (Å²) in [6.07, 6.45) is 3.88. The Morgan fingerprint density at radius 1 is 1.03 bits per heavy atom. The maximum atomic E-state index is 13.4. The predicted octanol–water partition coefficient (Wildman–Crippen LogP) is 6.02. The summed E-state index contributed by atoms with van der Waals surface area (Å²) in [5.74, 6) is 1.71. The predicted molar refractivity (Wildman–Crippen MR) is 133 cm³/mol. The molecule has 0 spiro atoms. The van der Waals surface area contributed by atoms with Crippen LogP contribution in [-0.2, 0) is 13.6 Å². The van der Waals surface area contributed by atoms with E-state index in [1.165, 1.54) is 5.56 Å². The first-order valence-corrected chi connectivity index (χ1v) is 11.6. The van der Waals surface area contributed by atoms with Crippen LogP contribution in [0.3, 0.4) is 0 Å². The van der Waals surface area contributed by atoms with Crippen LogP contribution >= 0.6 is 0 Å². The van der Waals surface area contributed by atoms with Gasteiger partial charge < -0.3 is 14.0 Å². The van der Waals surface area contributed by atoms with Crippen molar-refractivity contribution in [3.8, 4) is 11.5 Å². The van der Waals surface area contributed by atoms with Crippen molar-refractivity contribution in [2.45, 2.75) is 26.4 Å². The van der Waals surface area contributed by atoms with Gasteiger partial charge in [0.2, 0.25) is 5.78 Å². The highest BCUT2D eigenvalue weighted by atomic mass is 16.5. The number of para-hydroxylation sites is 1. The van der Waals surface area contributed by atoms with Gasteiger partial charge in [0, 0.05) is 53.4 Å². The average Bonchev–Trinajstić information content (AvgIpc) is 3.36. The molecule has 5 heteroatoms. The largest absolute Gasteiger partial charge is 0.477 e. The van der Waals surface area contributed by atoms with E-state index in [0.29, 0.717) is 23.8 Å². The monoisotopic (exact) mass is 450 g/mol. The van der Waals surface area contributed by atoms with E-state index in [-0.39, 0.29) is 11.8 Å². The second-order valence-electron chi connectivity index (χ2n) is 9.13. The Kier molecular flexibility index (Phi) is 4.82. The molecule has 34 heavy (non-hydrogen) atoms. The average molecular weight is 451 g/mol. The molecule has 170 valence electrons. The molecule has 3 aromatic carbocycles. The zero-order valence-electron chi connectivity index (χ0n) is 19.5. The molecule has 2 aliphatic heterocycles. The minimum absolute atomic E-state index is 0.0814. The van der Waals surface area contributed by atoms with Crippen molar-refractivity contribution in [2.75, 3.05) is 6.73 Å². The molecule has 0 N–H and O–H groups in total. The van der Waals surface area contributed by atoms with Crippen molar-refractivity contribution < 1.29 is 14.3 Å². The smallest absolute Gasteiger partial charge is 0.231 e. The molecule has 1 atom stereocenters. The topological polar surface area (TPSA) is 43.7 Å². The molecule has 0 fully saturated rings. The number of ether oxygens (including phenoxy) is 2. The number of ketones is 1. The van der Waals surface area contributed by atoms with Crippen molar-refractivity contribution in [1.82, 2.24) is 9.47 Å². The minimum Gasteiger partial charge on any atom is -0.477 e. The molecule has 4 aromatic rings. The fraction of sp³-hybridized carbons (Fsp3) is 0.207. The van der Waals surface area contributed by atoms with E-state index < -0.39 is 0 Å². The van der Waals surface area contributed by atoms with Crippen LogP contribution in [0, 0.1) is 6.92 Å². The van der Waals surface area contributed by atoms with Gasteiger partial charge in [-0.2, -0.15) is 0 Å². The third-order valence-electron chi connectivity index (χ3n) is 7.01. The fourth-order valence-corrected chi connectivity index (χ4v) is 5.09. The Bertz CT molecular complexity index is 1470. The second-order valence-corrected chi connectivity index (χ2v) is 9.13. The van der Waals surface area contributed by atoms with Crippen molar-refractivity contribution in [1.29, 1.82) is 0 Å². The molecule has 0 aliphatic carbocycles. The summed E-state index contributed by atoms with van der Waals surface area (Å²) in [4.78, 5) is 15.6. The number of hydrogen-bond acceptors (Lipinski definition) is 4. The van der Waals surface area contributed by atoms with E-state index in [1.807, 2.05) is 50.5 Å². The zero-order valence-corrected chi connectivity index (χ0v) is 19.5. The third-order valence-corrected chi connectivity index (χ3v) is 7.01. The molecule has 2 aliphatic rings. The molecule has 0 radical (unpaired) electrons. The van der Waals surface area contributed by atoms with Gasteiger partial charge in [-0.1, -0.05) is 48.5 Å². The van der Waals surface area contributed by atoms with Gasteiger partial charge in [-0.15, -0.1) is 0 Å². The van der Waals surface area contributed by atoms with E-state index in [1.54, 1.807) is 0 Å². The lowest BCUT2D eigenvalue weighted by Gasteiger charge is -2.34. The van der Waals surface area contributed by atoms with E-state index in [9.17, 15) is 4.79 Å². The van der Waals surface area contributed by atoms with Gasteiger partial charge >= 0.3 is 0 Å². The highest BCUT2D eigenvalue weighted by molar-refractivity contribution is 6.15. The molecular formula is C29H26N2O3. The summed E-state index contributed by atoms with van der Waals surface area (Å²) in [5.41, 5.74) is 5.84. The molecule has 0 bridgehead atoms.